The minimum absolute atomic E-state index is 0.214. The number of anilines is 1. The normalized spacial score (nSPS) is 11.1. The van der Waals surface area contributed by atoms with E-state index in [2.05, 4.69) is 0 Å². The maximum atomic E-state index is 13.7. The fourth-order valence-corrected chi connectivity index (χ4v) is 1.83. The van der Waals surface area contributed by atoms with Gasteiger partial charge >= 0.3 is 0 Å². The summed E-state index contributed by atoms with van der Waals surface area (Å²) in [5, 5.41) is 0.644. The van der Waals surface area contributed by atoms with Gasteiger partial charge in [0.2, 0.25) is 0 Å². The average Bonchev–Trinajstić information content (AvgIpc) is 2.38. The number of hydrogen-bond acceptors (Lipinski definition) is 1. The maximum Gasteiger partial charge on any atom is 0.155 e. The van der Waals surface area contributed by atoms with Gasteiger partial charge in [0.25, 0.3) is 0 Å². The monoisotopic (exact) mass is 192 g/mol. The first-order valence-electron chi connectivity index (χ1n) is 4.53. The number of hydrogen-bond donors (Lipinski definition) is 1. The van der Waals surface area contributed by atoms with Crippen LogP contribution < -0.4 is 5.73 Å². The Balaban J connectivity index is 3.03. The molecule has 0 aliphatic carbocycles. The highest BCUT2D eigenvalue weighted by atomic mass is 19.1. The molecule has 14 heavy (non-hydrogen) atoms. The van der Waals surface area contributed by atoms with E-state index < -0.39 is 0 Å². The van der Waals surface area contributed by atoms with Gasteiger partial charge in [0, 0.05) is 18.1 Å². The van der Waals surface area contributed by atoms with Crippen molar-refractivity contribution in [3.05, 3.63) is 29.2 Å². The molecule has 0 saturated heterocycles. The van der Waals surface area contributed by atoms with Crippen molar-refractivity contribution in [1.29, 1.82) is 0 Å². The van der Waals surface area contributed by atoms with Crippen molar-refractivity contribution >= 4 is 16.6 Å². The molecule has 1 heterocycles. The summed E-state index contributed by atoms with van der Waals surface area (Å²) in [5.41, 5.74) is 8.68. The van der Waals surface area contributed by atoms with Crippen LogP contribution in [0.3, 0.4) is 0 Å². The van der Waals surface area contributed by atoms with E-state index in [1.807, 2.05) is 31.5 Å². The lowest BCUT2D eigenvalue weighted by Gasteiger charge is -2.00. The summed E-state index contributed by atoms with van der Waals surface area (Å²) in [6, 6.07) is 3.46. The van der Waals surface area contributed by atoms with E-state index in [-0.39, 0.29) is 11.5 Å². The lowest BCUT2D eigenvalue weighted by atomic mass is 10.1. The summed E-state index contributed by atoms with van der Waals surface area (Å²) >= 11 is 0. The van der Waals surface area contributed by atoms with Crippen LogP contribution in [0.2, 0.25) is 0 Å². The maximum absolute atomic E-state index is 13.7. The van der Waals surface area contributed by atoms with Crippen LogP contribution in [0.15, 0.2) is 12.1 Å². The van der Waals surface area contributed by atoms with Crippen LogP contribution >= 0.6 is 0 Å². The standard InChI is InChI=1S/C11H13FN2/c1-6-7(2)14(3)9-5-4-8(13)11(12)10(6)9/h4-5H,13H2,1-3H3. The highest BCUT2D eigenvalue weighted by Crippen LogP contribution is 2.29. The first-order chi connectivity index (χ1) is 6.54. The molecule has 0 amide bonds. The van der Waals surface area contributed by atoms with Gasteiger partial charge in [0.05, 0.1) is 11.2 Å². The number of fused-ring (bicyclic) bond motifs is 1. The van der Waals surface area contributed by atoms with Crippen molar-refractivity contribution in [1.82, 2.24) is 4.57 Å². The summed E-state index contributed by atoms with van der Waals surface area (Å²) in [4.78, 5) is 0. The first kappa shape index (κ1) is 9.06. The Morgan fingerprint density at radius 1 is 1.29 bits per heavy atom. The fourth-order valence-electron chi connectivity index (χ4n) is 1.83. The van der Waals surface area contributed by atoms with Crippen LogP contribution in [-0.2, 0) is 7.05 Å². The average molecular weight is 192 g/mol. The molecule has 0 atom stereocenters. The Bertz CT molecular complexity index is 512. The van der Waals surface area contributed by atoms with Crippen molar-refractivity contribution in [3.8, 4) is 0 Å². The van der Waals surface area contributed by atoms with Crippen molar-refractivity contribution in [3.63, 3.8) is 0 Å². The van der Waals surface area contributed by atoms with Crippen molar-refractivity contribution in [2.24, 2.45) is 7.05 Å². The lowest BCUT2D eigenvalue weighted by molar-refractivity contribution is 0.644. The van der Waals surface area contributed by atoms with Gasteiger partial charge in [-0.15, -0.1) is 0 Å². The Morgan fingerprint density at radius 3 is 2.57 bits per heavy atom. The molecular weight excluding hydrogens is 179 g/mol. The Morgan fingerprint density at radius 2 is 1.93 bits per heavy atom. The molecule has 0 aliphatic rings. The van der Waals surface area contributed by atoms with Gasteiger partial charge in [-0.1, -0.05) is 0 Å². The fraction of sp³-hybridized carbons (Fsp3) is 0.273. The molecule has 1 aromatic carbocycles. The minimum Gasteiger partial charge on any atom is -0.396 e. The zero-order valence-corrected chi connectivity index (χ0v) is 8.56. The van der Waals surface area contributed by atoms with E-state index in [1.165, 1.54) is 0 Å². The molecule has 3 heteroatoms. The summed E-state index contributed by atoms with van der Waals surface area (Å²) in [7, 11) is 1.93. The van der Waals surface area contributed by atoms with E-state index in [9.17, 15) is 4.39 Å². The van der Waals surface area contributed by atoms with Crippen LogP contribution in [0.5, 0.6) is 0 Å². The predicted octanol–water partition coefficient (Wildman–Crippen LogP) is 2.52. The SMILES string of the molecule is Cc1c(C)n(C)c2ccc(N)c(F)c12. The lowest BCUT2D eigenvalue weighted by Crippen LogP contribution is -1.92. The zero-order valence-electron chi connectivity index (χ0n) is 8.56. The van der Waals surface area contributed by atoms with Crippen molar-refractivity contribution in [2.75, 3.05) is 5.73 Å². The van der Waals surface area contributed by atoms with Gasteiger partial charge in [-0.3, -0.25) is 0 Å². The molecular formula is C11H13FN2. The topological polar surface area (TPSA) is 30.9 Å². The van der Waals surface area contributed by atoms with Crippen molar-refractivity contribution in [2.45, 2.75) is 13.8 Å². The zero-order chi connectivity index (χ0) is 10.5. The number of aromatic nitrogens is 1. The third-order valence-electron chi connectivity index (χ3n) is 2.93. The number of nitrogens with two attached hydrogens (primary N) is 1. The molecule has 2 nitrogen and oxygen atoms in total. The van der Waals surface area contributed by atoms with E-state index in [4.69, 9.17) is 5.73 Å². The molecule has 0 spiro atoms. The molecule has 0 radical (unpaired) electrons. The second-order valence-electron chi connectivity index (χ2n) is 3.63. The molecule has 0 bridgehead atoms. The van der Waals surface area contributed by atoms with E-state index >= 15 is 0 Å². The molecule has 2 N–H and O–H groups in total. The van der Waals surface area contributed by atoms with Gasteiger partial charge in [-0.05, 0) is 31.5 Å². The highest BCUT2D eigenvalue weighted by Gasteiger charge is 2.13. The second kappa shape index (κ2) is 2.74. The molecule has 0 fully saturated rings. The van der Waals surface area contributed by atoms with Gasteiger partial charge in [0.15, 0.2) is 5.82 Å². The van der Waals surface area contributed by atoms with Crippen LogP contribution in [0.1, 0.15) is 11.3 Å². The second-order valence-corrected chi connectivity index (χ2v) is 3.63. The van der Waals surface area contributed by atoms with E-state index in [0.29, 0.717) is 5.39 Å². The van der Waals surface area contributed by atoms with Crippen LogP contribution in [0.25, 0.3) is 10.9 Å². The third-order valence-corrected chi connectivity index (χ3v) is 2.93. The summed E-state index contributed by atoms with van der Waals surface area (Å²) in [6.45, 7) is 3.89. The number of benzene rings is 1. The Labute approximate surface area is 82.1 Å². The van der Waals surface area contributed by atoms with Crippen LogP contribution in [-0.4, -0.2) is 4.57 Å². The summed E-state index contributed by atoms with van der Waals surface area (Å²) in [5.74, 6) is -0.302. The molecule has 2 aromatic rings. The first-order valence-corrected chi connectivity index (χ1v) is 4.53. The van der Waals surface area contributed by atoms with Crippen molar-refractivity contribution < 1.29 is 4.39 Å². The number of nitrogen functional groups attached to an aromatic ring is 1. The minimum atomic E-state index is -0.302. The Hall–Kier alpha value is -1.51. The molecule has 0 aliphatic heterocycles. The van der Waals surface area contributed by atoms with Gasteiger partial charge in [-0.2, -0.15) is 0 Å². The number of rotatable bonds is 0. The van der Waals surface area contributed by atoms with Gasteiger partial charge < -0.3 is 10.3 Å². The van der Waals surface area contributed by atoms with Crippen LogP contribution in [0.4, 0.5) is 10.1 Å². The van der Waals surface area contributed by atoms with E-state index in [1.54, 1.807) is 6.07 Å². The van der Waals surface area contributed by atoms with Gasteiger partial charge in [0.1, 0.15) is 0 Å². The Kier molecular flexibility index (Phi) is 1.77. The molecule has 2 rings (SSSR count). The quantitative estimate of drug-likeness (QED) is 0.639. The highest BCUT2D eigenvalue weighted by molar-refractivity contribution is 5.88. The molecule has 1 aromatic heterocycles. The summed E-state index contributed by atoms with van der Waals surface area (Å²) < 4.78 is 15.7. The number of aryl methyl sites for hydroxylation is 2. The molecule has 0 saturated carbocycles. The summed E-state index contributed by atoms with van der Waals surface area (Å²) in [6.07, 6.45) is 0. The predicted molar refractivity (Wildman–Crippen MR) is 56.8 cm³/mol. The largest absolute Gasteiger partial charge is 0.396 e. The smallest absolute Gasteiger partial charge is 0.155 e. The molecule has 0 unspecified atom stereocenters. The van der Waals surface area contributed by atoms with E-state index in [0.717, 1.165) is 16.8 Å². The third kappa shape index (κ3) is 0.953. The van der Waals surface area contributed by atoms with Gasteiger partial charge in [-0.25, -0.2) is 4.39 Å². The van der Waals surface area contributed by atoms with Crippen LogP contribution in [0, 0.1) is 19.7 Å². The number of nitrogens with zero attached hydrogens (tertiary/aromatic N) is 1. The molecule has 74 valence electrons. The number of halogens is 1.